The van der Waals surface area contributed by atoms with Crippen LogP contribution in [0.25, 0.3) is 0 Å². The number of carbonyl (C=O) groups excluding carboxylic acids is 1. The number of halogens is 3. The molecule has 0 aromatic heterocycles. The summed E-state index contributed by atoms with van der Waals surface area (Å²) in [6, 6.07) is 2.67. The van der Waals surface area contributed by atoms with Gasteiger partial charge in [-0.2, -0.15) is 0 Å². The molecule has 0 heterocycles. The van der Waals surface area contributed by atoms with E-state index >= 15 is 0 Å². The Bertz CT molecular complexity index is 448. The van der Waals surface area contributed by atoms with Crippen LogP contribution in [0.1, 0.15) is 23.2 Å². The normalized spacial score (nSPS) is 12.2. The Kier molecular flexibility index (Phi) is 4.57. The molecule has 1 rings (SSSR count). The van der Waals surface area contributed by atoms with Gasteiger partial charge in [0.1, 0.15) is 0 Å². The number of benzene rings is 1. The van der Waals surface area contributed by atoms with Crippen molar-refractivity contribution in [2.45, 2.75) is 18.2 Å². The summed E-state index contributed by atoms with van der Waals surface area (Å²) < 4.78 is 25.5. The Hall–Kier alpha value is -1.49. The van der Waals surface area contributed by atoms with Crippen LogP contribution in [0.3, 0.4) is 0 Å². The third-order valence-electron chi connectivity index (χ3n) is 2.10. The molecule has 1 atom stereocenters. The Morgan fingerprint density at radius 2 is 1.94 bits per heavy atom. The molecule has 1 N–H and O–H groups in total. The van der Waals surface area contributed by atoms with Crippen LogP contribution < -0.4 is 0 Å². The van der Waals surface area contributed by atoms with E-state index in [2.05, 4.69) is 0 Å². The van der Waals surface area contributed by atoms with Crippen molar-refractivity contribution in [3.8, 4) is 0 Å². The maximum atomic E-state index is 12.9. The summed E-state index contributed by atoms with van der Waals surface area (Å²) in [4.78, 5) is 21.9. The third kappa shape index (κ3) is 3.78. The Morgan fingerprint density at radius 1 is 1.29 bits per heavy atom. The lowest BCUT2D eigenvalue weighted by molar-refractivity contribution is -0.137. The second kappa shape index (κ2) is 5.72. The van der Waals surface area contributed by atoms with Gasteiger partial charge in [0.05, 0.1) is 5.38 Å². The fraction of sp³-hybridized carbons (Fsp3) is 0.273. The third-order valence-corrected chi connectivity index (χ3v) is 2.52. The average molecular weight is 263 g/mol. The molecule has 0 saturated carbocycles. The molecule has 0 aliphatic rings. The van der Waals surface area contributed by atoms with Gasteiger partial charge in [-0.15, -0.1) is 11.6 Å². The van der Waals surface area contributed by atoms with Crippen molar-refractivity contribution in [1.82, 2.24) is 0 Å². The number of carboxylic acid groups (broad SMARTS) is 1. The molecule has 3 nitrogen and oxygen atoms in total. The van der Waals surface area contributed by atoms with Gasteiger partial charge < -0.3 is 5.11 Å². The topological polar surface area (TPSA) is 54.4 Å². The number of aliphatic carboxylic acids is 1. The van der Waals surface area contributed by atoms with Crippen LogP contribution in [0, 0.1) is 11.6 Å². The van der Waals surface area contributed by atoms with Gasteiger partial charge >= 0.3 is 5.97 Å². The lowest BCUT2D eigenvalue weighted by Crippen LogP contribution is -2.16. The summed E-state index contributed by atoms with van der Waals surface area (Å²) in [5.74, 6) is -3.89. The minimum absolute atomic E-state index is 0.0608. The first-order valence-corrected chi connectivity index (χ1v) is 5.20. The second-order valence-electron chi connectivity index (χ2n) is 3.39. The van der Waals surface area contributed by atoms with Crippen LogP contribution in [-0.2, 0) is 4.79 Å². The van der Waals surface area contributed by atoms with Crippen LogP contribution in [-0.4, -0.2) is 22.2 Å². The van der Waals surface area contributed by atoms with Gasteiger partial charge in [0, 0.05) is 12.0 Å². The van der Waals surface area contributed by atoms with Crippen molar-refractivity contribution < 1.29 is 23.5 Å². The van der Waals surface area contributed by atoms with Gasteiger partial charge in [-0.05, 0) is 24.6 Å². The summed E-state index contributed by atoms with van der Waals surface area (Å²) in [7, 11) is 0. The molecular weight excluding hydrogens is 254 g/mol. The summed E-state index contributed by atoms with van der Waals surface area (Å²) in [6.07, 6.45) is -0.321. The highest BCUT2D eigenvalue weighted by Crippen LogP contribution is 2.16. The maximum Gasteiger partial charge on any atom is 0.303 e. The van der Waals surface area contributed by atoms with Gasteiger partial charge in [0.2, 0.25) is 0 Å². The largest absolute Gasteiger partial charge is 0.481 e. The van der Waals surface area contributed by atoms with Crippen molar-refractivity contribution in [3.05, 3.63) is 35.4 Å². The molecule has 0 radical (unpaired) electrons. The predicted molar refractivity (Wildman–Crippen MR) is 57.2 cm³/mol. The number of alkyl halides is 1. The molecule has 1 unspecified atom stereocenters. The van der Waals surface area contributed by atoms with E-state index in [1.54, 1.807) is 0 Å². The zero-order chi connectivity index (χ0) is 13.0. The highest BCUT2D eigenvalue weighted by molar-refractivity contribution is 6.33. The van der Waals surface area contributed by atoms with Crippen LogP contribution in [0.2, 0.25) is 0 Å². The van der Waals surface area contributed by atoms with Gasteiger partial charge in [-0.1, -0.05) is 0 Å². The number of hydrogen-bond donors (Lipinski definition) is 1. The van der Waals surface area contributed by atoms with Gasteiger partial charge in [0.15, 0.2) is 17.4 Å². The van der Waals surface area contributed by atoms with Crippen LogP contribution in [0.5, 0.6) is 0 Å². The van der Waals surface area contributed by atoms with Crippen LogP contribution in [0.15, 0.2) is 18.2 Å². The summed E-state index contributed by atoms with van der Waals surface area (Å²) in [5.41, 5.74) is -0.0747. The van der Waals surface area contributed by atoms with E-state index in [0.717, 1.165) is 18.2 Å². The van der Waals surface area contributed by atoms with Crippen LogP contribution in [0.4, 0.5) is 8.78 Å². The lowest BCUT2D eigenvalue weighted by atomic mass is 10.0. The van der Waals surface area contributed by atoms with Gasteiger partial charge in [-0.25, -0.2) is 8.78 Å². The number of rotatable bonds is 5. The Morgan fingerprint density at radius 3 is 2.47 bits per heavy atom. The highest BCUT2D eigenvalue weighted by Gasteiger charge is 2.19. The summed E-state index contributed by atoms with van der Waals surface area (Å²) in [6.45, 7) is 0. The Labute approximate surface area is 101 Å². The molecule has 1 aromatic carbocycles. The van der Waals surface area contributed by atoms with E-state index in [9.17, 15) is 18.4 Å². The zero-order valence-corrected chi connectivity index (χ0v) is 9.38. The van der Waals surface area contributed by atoms with E-state index in [1.165, 1.54) is 0 Å². The van der Waals surface area contributed by atoms with E-state index in [4.69, 9.17) is 16.7 Å². The second-order valence-corrected chi connectivity index (χ2v) is 3.92. The van der Waals surface area contributed by atoms with Crippen molar-refractivity contribution in [1.29, 1.82) is 0 Å². The number of Topliss-reactive ketones (excluding diaryl/α,β-unsaturated/α-hetero) is 1. The molecule has 0 saturated heterocycles. The first-order chi connectivity index (χ1) is 7.91. The zero-order valence-electron chi connectivity index (χ0n) is 8.62. The fourth-order valence-corrected chi connectivity index (χ4v) is 1.45. The molecule has 0 aliphatic carbocycles. The maximum absolute atomic E-state index is 12.9. The van der Waals surface area contributed by atoms with Gasteiger partial charge in [0.25, 0.3) is 0 Å². The van der Waals surface area contributed by atoms with Crippen molar-refractivity contribution >= 4 is 23.4 Å². The van der Waals surface area contributed by atoms with Crippen molar-refractivity contribution in [3.63, 3.8) is 0 Å². The molecule has 0 amide bonds. The number of hydrogen-bond acceptors (Lipinski definition) is 2. The minimum atomic E-state index is -1.14. The lowest BCUT2D eigenvalue weighted by Gasteiger charge is -2.07. The van der Waals surface area contributed by atoms with Crippen molar-refractivity contribution in [2.75, 3.05) is 0 Å². The molecular formula is C11H9ClF2O3. The summed E-state index contributed by atoms with van der Waals surface area (Å²) in [5, 5.41) is 7.36. The first kappa shape index (κ1) is 13.6. The highest BCUT2D eigenvalue weighted by atomic mass is 35.5. The molecule has 0 bridgehead atoms. The van der Waals surface area contributed by atoms with E-state index in [-0.39, 0.29) is 18.4 Å². The monoisotopic (exact) mass is 262 g/mol. The first-order valence-electron chi connectivity index (χ1n) is 4.77. The number of ketones is 1. The predicted octanol–water partition coefficient (Wildman–Crippen LogP) is 2.62. The number of carbonyl (C=O) groups is 2. The molecule has 0 aliphatic heterocycles. The molecule has 0 fully saturated rings. The molecule has 0 spiro atoms. The SMILES string of the molecule is O=C(O)CCC(Cl)C(=O)c1ccc(F)c(F)c1. The molecule has 1 aromatic rings. The van der Waals surface area contributed by atoms with E-state index in [0.29, 0.717) is 0 Å². The smallest absolute Gasteiger partial charge is 0.303 e. The van der Waals surface area contributed by atoms with Crippen molar-refractivity contribution in [2.24, 2.45) is 0 Å². The molecule has 17 heavy (non-hydrogen) atoms. The van der Waals surface area contributed by atoms with E-state index in [1.807, 2.05) is 0 Å². The van der Waals surface area contributed by atoms with E-state index < -0.39 is 28.8 Å². The fourth-order valence-electron chi connectivity index (χ4n) is 1.21. The number of carboxylic acids is 1. The Balaban J connectivity index is 2.74. The average Bonchev–Trinajstić information content (AvgIpc) is 2.28. The quantitative estimate of drug-likeness (QED) is 0.655. The standard InChI is InChI=1S/C11H9ClF2O3/c12-7(2-4-10(15)16)11(17)6-1-3-8(13)9(14)5-6/h1,3,5,7H,2,4H2,(H,15,16). The molecule has 92 valence electrons. The minimum Gasteiger partial charge on any atom is -0.481 e. The summed E-state index contributed by atoms with van der Waals surface area (Å²) >= 11 is 5.67. The molecule has 6 heteroatoms. The van der Waals surface area contributed by atoms with Crippen LogP contribution >= 0.6 is 11.6 Å². The van der Waals surface area contributed by atoms with Gasteiger partial charge in [-0.3, -0.25) is 9.59 Å².